The number of imide groups is 1. The standard InChI is InChI=1S/C24H22N5O9P/c30-16-11-18(38-17(16)12-37-39(34,35)36)28-13-25-19-20(28)26-24(27-21(19)31)29(22(32)14-7-3-1-4-8-14)23(33)15-9-5-2-6-10-15/h1-10,13,16-18,30H,11-12H2,(H,26,27,31)(H2,34,35,36)/t16-,17+,18+/m0/s1. The van der Waals surface area contributed by atoms with Gasteiger partial charge in [0.25, 0.3) is 17.4 Å². The smallest absolute Gasteiger partial charge is 0.390 e. The number of imidazole rings is 1. The predicted octanol–water partition coefficient (Wildman–Crippen LogP) is 1.36. The molecule has 4 aromatic rings. The average Bonchev–Trinajstić information content (AvgIpc) is 3.51. The van der Waals surface area contributed by atoms with E-state index < -0.39 is 50.2 Å². The minimum atomic E-state index is -4.80. The number of fused-ring (bicyclic) bond motifs is 1. The van der Waals surface area contributed by atoms with Crippen LogP contribution in [0.4, 0.5) is 5.95 Å². The van der Waals surface area contributed by atoms with Gasteiger partial charge < -0.3 is 19.6 Å². The van der Waals surface area contributed by atoms with E-state index in [1.54, 1.807) is 36.4 Å². The number of ether oxygens (including phenoxy) is 1. The first-order valence-corrected chi connectivity index (χ1v) is 13.1. The van der Waals surface area contributed by atoms with Crippen molar-refractivity contribution in [1.29, 1.82) is 0 Å². The van der Waals surface area contributed by atoms with Crippen molar-refractivity contribution in [3.63, 3.8) is 0 Å². The molecule has 2 aromatic carbocycles. The van der Waals surface area contributed by atoms with Crippen molar-refractivity contribution in [2.24, 2.45) is 0 Å². The van der Waals surface area contributed by atoms with Crippen LogP contribution >= 0.6 is 7.82 Å². The van der Waals surface area contributed by atoms with Crippen molar-refractivity contribution in [3.05, 3.63) is 88.5 Å². The quantitative estimate of drug-likeness (QED) is 0.190. The Morgan fingerprint density at radius 2 is 1.67 bits per heavy atom. The summed E-state index contributed by atoms with van der Waals surface area (Å²) in [6, 6.07) is 16.0. The Morgan fingerprint density at radius 1 is 1.08 bits per heavy atom. The molecule has 0 spiro atoms. The molecule has 1 saturated heterocycles. The molecular weight excluding hydrogens is 533 g/mol. The number of anilines is 1. The van der Waals surface area contributed by atoms with Crippen LogP contribution in [0.3, 0.4) is 0 Å². The number of benzene rings is 2. The third kappa shape index (κ3) is 5.56. The van der Waals surface area contributed by atoms with E-state index in [4.69, 9.17) is 14.5 Å². The second-order valence-corrected chi connectivity index (χ2v) is 9.85. The number of aromatic nitrogens is 4. The molecule has 2 aromatic heterocycles. The Balaban J connectivity index is 1.55. The fourth-order valence-electron chi connectivity index (χ4n) is 4.14. The number of nitrogens with one attached hydrogen (secondary N) is 1. The summed E-state index contributed by atoms with van der Waals surface area (Å²) in [5, 5.41) is 10.3. The number of rotatable bonds is 7. The Kier molecular flexibility index (Phi) is 7.23. The van der Waals surface area contributed by atoms with E-state index in [1.165, 1.54) is 35.2 Å². The highest BCUT2D eigenvalue weighted by atomic mass is 31.2. The lowest BCUT2D eigenvalue weighted by atomic mass is 10.1. The van der Waals surface area contributed by atoms with Crippen LogP contribution in [0, 0.1) is 0 Å². The molecule has 0 aliphatic carbocycles. The number of phosphoric ester groups is 1. The van der Waals surface area contributed by atoms with E-state index in [9.17, 15) is 24.1 Å². The Bertz CT molecular complexity index is 1570. The molecule has 3 atom stereocenters. The third-order valence-electron chi connectivity index (χ3n) is 6.00. The van der Waals surface area contributed by atoms with Gasteiger partial charge in [0.1, 0.15) is 12.3 Å². The number of carbonyl (C=O) groups excluding carboxylic acids is 2. The third-order valence-corrected chi connectivity index (χ3v) is 6.49. The van der Waals surface area contributed by atoms with Crippen LogP contribution in [0.15, 0.2) is 71.8 Å². The zero-order valence-electron chi connectivity index (χ0n) is 20.0. The highest BCUT2D eigenvalue weighted by Crippen LogP contribution is 2.38. The number of hydrogen-bond donors (Lipinski definition) is 4. The second-order valence-electron chi connectivity index (χ2n) is 8.61. The highest BCUT2D eigenvalue weighted by molar-refractivity contribution is 7.46. The maximum Gasteiger partial charge on any atom is 0.469 e. The lowest BCUT2D eigenvalue weighted by Crippen LogP contribution is -2.39. The molecule has 15 heteroatoms. The molecule has 14 nitrogen and oxygen atoms in total. The molecule has 1 aliphatic rings. The van der Waals surface area contributed by atoms with Gasteiger partial charge in [0.2, 0.25) is 5.95 Å². The van der Waals surface area contributed by atoms with Gasteiger partial charge in [-0.2, -0.15) is 4.98 Å². The van der Waals surface area contributed by atoms with Crippen LogP contribution in [0.2, 0.25) is 0 Å². The SMILES string of the molecule is O=C(c1ccccc1)N(C(=O)c1ccccc1)c1nc2c(ncn2[C@H]2C[C@H](O)[C@@H](COP(=O)(O)O)O2)c(=O)[nH]1. The minimum Gasteiger partial charge on any atom is -0.390 e. The van der Waals surface area contributed by atoms with Crippen LogP contribution in [0.25, 0.3) is 11.2 Å². The van der Waals surface area contributed by atoms with Crippen LogP contribution in [0.5, 0.6) is 0 Å². The first-order chi connectivity index (χ1) is 18.6. The zero-order chi connectivity index (χ0) is 27.7. The number of hydrogen-bond acceptors (Lipinski definition) is 9. The van der Waals surface area contributed by atoms with Crippen molar-refractivity contribution < 1.29 is 38.3 Å². The van der Waals surface area contributed by atoms with Gasteiger partial charge in [-0.3, -0.25) is 28.5 Å². The molecule has 39 heavy (non-hydrogen) atoms. The van der Waals surface area contributed by atoms with E-state index in [1.807, 2.05) is 0 Å². The number of aliphatic hydroxyl groups is 1. The maximum atomic E-state index is 13.5. The normalized spacial score (nSPS) is 19.3. The summed E-state index contributed by atoms with van der Waals surface area (Å²) in [7, 11) is -4.80. The average molecular weight is 555 g/mol. The van der Waals surface area contributed by atoms with Gasteiger partial charge in [-0.1, -0.05) is 36.4 Å². The zero-order valence-corrected chi connectivity index (χ0v) is 20.9. The van der Waals surface area contributed by atoms with E-state index in [-0.39, 0.29) is 34.7 Å². The van der Waals surface area contributed by atoms with Crippen molar-refractivity contribution in [1.82, 2.24) is 19.5 Å². The second kappa shape index (κ2) is 10.6. The molecule has 0 bridgehead atoms. The Morgan fingerprint density at radius 3 is 2.23 bits per heavy atom. The van der Waals surface area contributed by atoms with Gasteiger partial charge in [0, 0.05) is 17.5 Å². The van der Waals surface area contributed by atoms with Crippen LogP contribution in [-0.2, 0) is 13.8 Å². The first kappa shape index (κ1) is 26.6. The fraction of sp³-hybridized carbons (Fsp3) is 0.208. The summed E-state index contributed by atoms with van der Waals surface area (Å²) < 4.78 is 22.5. The first-order valence-electron chi connectivity index (χ1n) is 11.6. The molecule has 5 rings (SSSR count). The van der Waals surface area contributed by atoms with Crippen LogP contribution < -0.4 is 10.5 Å². The molecule has 0 radical (unpaired) electrons. The number of nitrogens with zero attached hydrogens (tertiary/aromatic N) is 4. The maximum absolute atomic E-state index is 13.5. The number of aromatic amines is 1. The Labute approximate surface area is 219 Å². The van der Waals surface area contributed by atoms with Crippen LogP contribution in [-0.4, -0.2) is 65.0 Å². The molecule has 0 saturated carbocycles. The topological polar surface area (TPSA) is 197 Å². The number of phosphoric acid groups is 1. The highest BCUT2D eigenvalue weighted by Gasteiger charge is 2.38. The molecule has 4 N–H and O–H groups in total. The molecule has 202 valence electrons. The summed E-state index contributed by atoms with van der Waals surface area (Å²) >= 11 is 0. The van der Waals surface area contributed by atoms with E-state index in [2.05, 4.69) is 19.5 Å². The molecular formula is C24H22N5O9P. The summed E-state index contributed by atoms with van der Waals surface area (Å²) in [6.07, 6.45) is -1.99. The summed E-state index contributed by atoms with van der Waals surface area (Å²) in [5.74, 6) is -1.84. The van der Waals surface area contributed by atoms with Gasteiger partial charge in [-0.25, -0.2) is 14.4 Å². The number of carbonyl (C=O) groups is 2. The van der Waals surface area contributed by atoms with E-state index >= 15 is 0 Å². The molecule has 2 amide bonds. The van der Waals surface area contributed by atoms with Crippen molar-refractivity contribution in [2.75, 3.05) is 11.5 Å². The van der Waals surface area contributed by atoms with E-state index in [0.717, 1.165) is 4.90 Å². The minimum absolute atomic E-state index is 0.0416. The van der Waals surface area contributed by atoms with Gasteiger partial charge in [0.05, 0.1) is 19.0 Å². The predicted molar refractivity (Wildman–Crippen MR) is 135 cm³/mol. The number of aliphatic hydroxyl groups excluding tert-OH is 1. The lowest BCUT2D eigenvalue weighted by molar-refractivity contribution is -0.0424. The molecule has 1 aliphatic heterocycles. The fourth-order valence-corrected chi connectivity index (χ4v) is 4.48. The molecule has 3 heterocycles. The monoisotopic (exact) mass is 555 g/mol. The molecule has 0 unspecified atom stereocenters. The van der Waals surface area contributed by atoms with Crippen molar-refractivity contribution in [3.8, 4) is 0 Å². The Hall–Kier alpha value is -4.04. The summed E-state index contributed by atoms with van der Waals surface area (Å²) in [5.41, 5.74) is -0.554. The van der Waals surface area contributed by atoms with Gasteiger partial charge in [-0.05, 0) is 24.3 Å². The summed E-state index contributed by atoms with van der Waals surface area (Å²) in [4.78, 5) is 69.5. The number of H-pyrrole nitrogens is 1. The van der Waals surface area contributed by atoms with Gasteiger partial charge >= 0.3 is 7.82 Å². The van der Waals surface area contributed by atoms with Gasteiger partial charge in [0.15, 0.2) is 11.2 Å². The van der Waals surface area contributed by atoms with Crippen LogP contribution in [0.1, 0.15) is 33.4 Å². The molecule has 1 fully saturated rings. The summed E-state index contributed by atoms with van der Waals surface area (Å²) in [6.45, 7) is -0.585. The van der Waals surface area contributed by atoms with Crippen molar-refractivity contribution in [2.45, 2.75) is 24.9 Å². The van der Waals surface area contributed by atoms with Crippen molar-refractivity contribution >= 4 is 36.7 Å². The van der Waals surface area contributed by atoms with E-state index in [0.29, 0.717) is 0 Å². The largest absolute Gasteiger partial charge is 0.469 e. The number of amides is 2. The lowest BCUT2D eigenvalue weighted by Gasteiger charge is -2.20. The van der Waals surface area contributed by atoms with Gasteiger partial charge in [-0.15, -0.1) is 0 Å².